The summed E-state index contributed by atoms with van der Waals surface area (Å²) in [6, 6.07) is 1.61. The first kappa shape index (κ1) is 15.0. The van der Waals surface area contributed by atoms with Crippen molar-refractivity contribution in [2.45, 2.75) is 32.7 Å². The van der Waals surface area contributed by atoms with Crippen molar-refractivity contribution < 1.29 is 10.1 Å². The van der Waals surface area contributed by atoms with E-state index in [0.29, 0.717) is 24.3 Å². The molecule has 0 unspecified atom stereocenters. The summed E-state index contributed by atoms with van der Waals surface area (Å²) in [4.78, 5) is 17.0. The first-order valence-electron chi connectivity index (χ1n) is 6.83. The molecule has 21 heavy (non-hydrogen) atoms. The van der Waals surface area contributed by atoms with E-state index >= 15 is 0 Å². The summed E-state index contributed by atoms with van der Waals surface area (Å²) >= 11 is 0. The van der Waals surface area contributed by atoms with E-state index < -0.39 is 4.92 Å². The topological polar surface area (TPSA) is 118 Å². The van der Waals surface area contributed by atoms with Gasteiger partial charge in [-0.1, -0.05) is 19.0 Å². The van der Waals surface area contributed by atoms with E-state index in [2.05, 4.69) is 24.0 Å². The minimum Gasteiger partial charge on any atom is -0.409 e. The second-order valence-electron chi connectivity index (χ2n) is 5.59. The molecule has 1 heterocycles. The van der Waals surface area contributed by atoms with E-state index in [1.54, 1.807) is 0 Å². The molecule has 0 spiro atoms. The first-order chi connectivity index (χ1) is 9.93. The zero-order valence-corrected chi connectivity index (χ0v) is 12.1. The van der Waals surface area contributed by atoms with Crippen molar-refractivity contribution in [3.8, 4) is 0 Å². The third-order valence-corrected chi connectivity index (χ3v) is 3.27. The Morgan fingerprint density at radius 1 is 1.67 bits per heavy atom. The van der Waals surface area contributed by atoms with Crippen LogP contribution in [0.2, 0.25) is 0 Å². The average molecular weight is 293 g/mol. The van der Waals surface area contributed by atoms with Gasteiger partial charge < -0.3 is 15.8 Å². The van der Waals surface area contributed by atoms with Crippen LogP contribution in [-0.2, 0) is 0 Å². The Hall–Kier alpha value is -2.38. The maximum Gasteiger partial charge on any atom is 0.312 e. The molecule has 0 aliphatic heterocycles. The Labute approximate surface area is 122 Å². The molecule has 0 amide bonds. The molecule has 0 radical (unpaired) electrons. The Balaban J connectivity index is 2.43. The summed E-state index contributed by atoms with van der Waals surface area (Å²) in [5, 5.41) is 22.8. The highest BCUT2D eigenvalue weighted by molar-refractivity contribution is 5.97. The second-order valence-corrected chi connectivity index (χ2v) is 5.59. The molecule has 0 aromatic carbocycles. The van der Waals surface area contributed by atoms with Crippen molar-refractivity contribution in [3.63, 3.8) is 0 Å². The molecular weight excluding hydrogens is 274 g/mol. The van der Waals surface area contributed by atoms with Gasteiger partial charge in [-0.15, -0.1) is 0 Å². The summed E-state index contributed by atoms with van der Waals surface area (Å²) < 4.78 is 0. The van der Waals surface area contributed by atoms with E-state index in [9.17, 15) is 10.1 Å². The van der Waals surface area contributed by atoms with E-state index in [-0.39, 0.29) is 17.1 Å². The molecule has 1 aliphatic carbocycles. The van der Waals surface area contributed by atoms with Gasteiger partial charge in [0.1, 0.15) is 0 Å². The van der Waals surface area contributed by atoms with Crippen molar-refractivity contribution in [2.24, 2.45) is 16.8 Å². The predicted molar refractivity (Wildman–Crippen MR) is 78.6 cm³/mol. The van der Waals surface area contributed by atoms with E-state index in [1.807, 2.05) is 4.90 Å². The molecule has 1 aromatic heterocycles. The number of nitro groups is 1. The fourth-order valence-electron chi connectivity index (χ4n) is 2.19. The van der Waals surface area contributed by atoms with Gasteiger partial charge in [0, 0.05) is 30.4 Å². The van der Waals surface area contributed by atoms with Gasteiger partial charge in [-0.3, -0.25) is 10.1 Å². The largest absolute Gasteiger partial charge is 0.409 e. The van der Waals surface area contributed by atoms with E-state index in [1.165, 1.54) is 12.3 Å². The summed E-state index contributed by atoms with van der Waals surface area (Å²) in [5.74, 6) is 0.528. The van der Waals surface area contributed by atoms with Gasteiger partial charge in [-0.25, -0.2) is 4.98 Å². The Morgan fingerprint density at radius 2 is 2.33 bits per heavy atom. The van der Waals surface area contributed by atoms with Crippen molar-refractivity contribution in [1.29, 1.82) is 0 Å². The highest BCUT2D eigenvalue weighted by atomic mass is 16.6. The molecule has 1 aliphatic rings. The molecule has 3 N–H and O–H groups in total. The lowest BCUT2D eigenvalue weighted by Gasteiger charge is -2.25. The lowest BCUT2D eigenvalue weighted by atomic mass is 10.2. The van der Waals surface area contributed by atoms with Crippen LogP contribution >= 0.6 is 0 Å². The summed E-state index contributed by atoms with van der Waals surface area (Å²) in [6.45, 7) is 4.83. The van der Waals surface area contributed by atoms with E-state index in [4.69, 9.17) is 10.9 Å². The highest BCUT2D eigenvalue weighted by Crippen LogP contribution is 2.36. The van der Waals surface area contributed by atoms with Gasteiger partial charge in [-0.05, 0) is 18.8 Å². The van der Waals surface area contributed by atoms with Gasteiger partial charge in [0.15, 0.2) is 5.84 Å². The molecule has 8 nitrogen and oxygen atoms in total. The van der Waals surface area contributed by atoms with Crippen molar-refractivity contribution >= 4 is 17.3 Å². The molecule has 0 saturated heterocycles. The molecule has 1 saturated carbocycles. The molecule has 114 valence electrons. The number of oxime groups is 1. The highest BCUT2D eigenvalue weighted by Gasteiger charge is 2.34. The zero-order valence-electron chi connectivity index (χ0n) is 12.1. The Bertz CT molecular complexity index is 569. The molecule has 2 rings (SSSR count). The van der Waals surface area contributed by atoms with Gasteiger partial charge in [0.05, 0.1) is 4.92 Å². The number of nitrogens with zero attached hydrogens (tertiary/aromatic N) is 4. The monoisotopic (exact) mass is 293 g/mol. The van der Waals surface area contributed by atoms with Crippen LogP contribution < -0.4 is 10.6 Å². The summed E-state index contributed by atoms with van der Waals surface area (Å²) in [5.41, 5.74) is 5.58. The number of pyridine rings is 1. The Kier molecular flexibility index (Phi) is 4.25. The number of rotatable bonds is 6. The van der Waals surface area contributed by atoms with Gasteiger partial charge in [0.2, 0.25) is 5.82 Å². The third kappa shape index (κ3) is 3.39. The smallest absolute Gasteiger partial charge is 0.312 e. The summed E-state index contributed by atoms with van der Waals surface area (Å²) in [7, 11) is 0. The average Bonchev–Trinajstić information content (AvgIpc) is 3.27. The van der Waals surface area contributed by atoms with Gasteiger partial charge in [0.25, 0.3) is 0 Å². The van der Waals surface area contributed by atoms with Crippen molar-refractivity contribution in [2.75, 3.05) is 11.4 Å². The molecule has 8 heteroatoms. The standard InChI is InChI=1S/C13H19N5O3/c1-8(2)7-17(10-3-4-10)13-11(18(20)21)5-9(6-15-13)12(14)16-19/h5-6,8,10,19H,3-4,7H2,1-2H3,(H2,14,16). The van der Waals surface area contributed by atoms with Crippen LogP contribution in [-0.4, -0.2) is 33.5 Å². The molecule has 1 fully saturated rings. The number of hydrogen-bond acceptors (Lipinski definition) is 6. The number of amidine groups is 1. The maximum atomic E-state index is 11.3. The minimum atomic E-state index is -0.480. The second kappa shape index (κ2) is 5.94. The number of anilines is 1. The Morgan fingerprint density at radius 3 is 2.81 bits per heavy atom. The zero-order chi connectivity index (χ0) is 15.6. The maximum absolute atomic E-state index is 11.3. The lowest BCUT2D eigenvalue weighted by Crippen LogP contribution is -2.31. The number of nitrogens with two attached hydrogens (primary N) is 1. The predicted octanol–water partition coefficient (Wildman–Crippen LogP) is 1.71. The minimum absolute atomic E-state index is 0.119. The molecule has 0 atom stereocenters. The van der Waals surface area contributed by atoms with Crippen LogP contribution in [0.25, 0.3) is 0 Å². The normalized spacial score (nSPS) is 15.3. The molecule has 1 aromatic rings. The third-order valence-electron chi connectivity index (χ3n) is 3.27. The molecule has 0 bridgehead atoms. The number of hydrogen-bond donors (Lipinski definition) is 2. The summed E-state index contributed by atoms with van der Waals surface area (Å²) in [6.07, 6.45) is 3.44. The first-order valence-corrected chi connectivity index (χ1v) is 6.83. The lowest BCUT2D eigenvalue weighted by molar-refractivity contribution is -0.384. The van der Waals surface area contributed by atoms with Crippen LogP contribution in [0.1, 0.15) is 32.3 Å². The van der Waals surface area contributed by atoms with Crippen LogP contribution in [0.3, 0.4) is 0 Å². The van der Waals surface area contributed by atoms with Crippen molar-refractivity contribution in [3.05, 3.63) is 27.9 Å². The van der Waals surface area contributed by atoms with Crippen LogP contribution in [0.5, 0.6) is 0 Å². The van der Waals surface area contributed by atoms with E-state index in [0.717, 1.165) is 12.8 Å². The van der Waals surface area contributed by atoms with Crippen LogP contribution in [0, 0.1) is 16.0 Å². The van der Waals surface area contributed by atoms with Crippen LogP contribution in [0.15, 0.2) is 17.4 Å². The van der Waals surface area contributed by atoms with Gasteiger partial charge >= 0.3 is 5.69 Å². The van der Waals surface area contributed by atoms with Gasteiger partial charge in [-0.2, -0.15) is 0 Å². The van der Waals surface area contributed by atoms with Crippen LogP contribution in [0.4, 0.5) is 11.5 Å². The SMILES string of the molecule is CC(C)CN(c1ncc(C(N)=NO)cc1[N+](=O)[O-])C1CC1. The quantitative estimate of drug-likeness (QED) is 0.271. The fourth-order valence-corrected chi connectivity index (χ4v) is 2.19. The fraction of sp³-hybridized carbons (Fsp3) is 0.538. The van der Waals surface area contributed by atoms with Crippen molar-refractivity contribution in [1.82, 2.24) is 4.98 Å². The number of aromatic nitrogens is 1. The molecular formula is C13H19N5O3.